The molecule has 1 aromatic carbocycles. The third-order valence-corrected chi connectivity index (χ3v) is 3.88. The third kappa shape index (κ3) is 1.85. The van der Waals surface area contributed by atoms with E-state index >= 15 is 0 Å². The number of amides is 1. The molecule has 1 N–H and O–H groups in total. The lowest BCUT2D eigenvalue weighted by Gasteiger charge is -2.28. The summed E-state index contributed by atoms with van der Waals surface area (Å²) >= 11 is 0. The number of hydrogen-bond acceptors (Lipinski definition) is 2. The Labute approximate surface area is 107 Å². The molecule has 1 atom stereocenters. The van der Waals surface area contributed by atoms with Gasteiger partial charge in [-0.2, -0.15) is 0 Å². The minimum Gasteiger partial charge on any atom is -0.316 e. The average Bonchev–Trinajstić information content (AvgIpc) is 2.66. The summed E-state index contributed by atoms with van der Waals surface area (Å²) in [6.45, 7) is 6.98. The number of nitrogens with one attached hydrogen (secondary N) is 1. The van der Waals surface area contributed by atoms with Crippen LogP contribution in [0, 0.1) is 5.92 Å². The number of rotatable bonds is 2. The molecule has 3 heteroatoms. The molecule has 1 amide bonds. The number of piperidine rings is 1. The van der Waals surface area contributed by atoms with E-state index in [1.165, 1.54) is 12.8 Å². The minimum absolute atomic E-state index is 0.112. The van der Waals surface area contributed by atoms with E-state index in [2.05, 4.69) is 11.9 Å². The predicted octanol–water partition coefficient (Wildman–Crippen LogP) is 2.11. The Hall–Kier alpha value is -1.61. The molecule has 0 aliphatic carbocycles. The smallest absolute Gasteiger partial charge is 0.258 e. The summed E-state index contributed by atoms with van der Waals surface area (Å²) in [5.41, 5.74) is 2.65. The Kier molecular flexibility index (Phi) is 2.92. The first kappa shape index (κ1) is 11.5. The van der Waals surface area contributed by atoms with Crippen molar-refractivity contribution in [3.05, 3.63) is 42.0 Å². The molecule has 0 bridgehead atoms. The van der Waals surface area contributed by atoms with Gasteiger partial charge >= 0.3 is 0 Å². The molecular weight excluding hydrogens is 224 g/mol. The van der Waals surface area contributed by atoms with Crippen molar-refractivity contribution in [1.82, 2.24) is 10.2 Å². The Balaban J connectivity index is 1.79. The lowest BCUT2D eigenvalue weighted by Crippen LogP contribution is -2.38. The van der Waals surface area contributed by atoms with Crippen LogP contribution in [0.15, 0.2) is 30.8 Å². The van der Waals surface area contributed by atoms with Gasteiger partial charge in [0.15, 0.2) is 0 Å². The van der Waals surface area contributed by atoms with Crippen molar-refractivity contribution in [2.24, 2.45) is 5.92 Å². The van der Waals surface area contributed by atoms with Gasteiger partial charge in [0.05, 0.1) is 0 Å². The number of carbonyl (C=O) groups is 1. The zero-order chi connectivity index (χ0) is 12.5. The standard InChI is InChI=1S/C15H18N2O/c1-11-13-6-2-3-7-14(13)15(18)17(11)10-12-5-4-8-16-9-12/h2-3,6-7,12,16H,1,4-5,8-10H2. The van der Waals surface area contributed by atoms with Crippen LogP contribution in [0.5, 0.6) is 0 Å². The molecule has 0 radical (unpaired) electrons. The van der Waals surface area contributed by atoms with Crippen LogP contribution in [0.3, 0.4) is 0 Å². The first-order valence-electron chi connectivity index (χ1n) is 6.58. The number of benzene rings is 1. The number of nitrogens with zero attached hydrogens (tertiary/aromatic N) is 1. The highest BCUT2D eigenvalue weighted by atomic mass is 16.2. The van der Waals surface area contributed by atoms with Crippen molar-refractivity contribution >= 4 is 11.6 Å². The summed E-state index contributed by atoms with van der Waals surface area (Å²) < 4.78 is 0. The Morgan fingerprint density at radius 3 is 2.78 bits per heavy atom. The summed E-state index contributed by atoms with van der Waals surface area (Å²) in [6.07, 6.45) is 2.40. The highest BCUT2D eigenvalue weighted by Gasteiger charge is 2.32. The topological polar surface area (TPSA) is 32.3 Å². The summed E-state index contributed by atoms with van der Waals surface area (Å²) in [7, 11) is 0. The quantitative estimate of drug-likeness (QED) is 0.861. The van der Waals surface area contributed by atoms with Crippen LogP contribution >= 0.6 is 0 Å². The monoisotopic (exact) mass is 242 g/mol. The van der Waals surface area contributed by atoms with Crippen molar-refractivity contribution in [1.29, 1.82) is 0 Å². The SMILES string of the molecule is C=C1c2ccccc2C(=O)N1CC1CCCNC1. The van der Waals surface area contributed by atoms with Crippen LogP contribution in [-0.4, -0.2) is 30.4 Å². The van der Waals surface area contributed by atoms with Crippen molar-refractivity contribution in [2.75, 3.05) is 19.6 Å². The fraction of sp³-hybridized carbons (Fsp3) is 0.400. The largest absolute Gasteiger partial charge is 0.316 e. The van der Waals surface area contributed by atoms with E-state index in [4.69, 9.17) is 0 Å². The van der Waals surface area contributed by atoms with E-state index in [-0.39, 0.29) is 5.91 Å². The van der Waals surface area contributed by atoms with Crippen LogP contribution in [0.4, 0.5) is 0 Å². The molecule has 18 heavy (non-hydrogen) atoms. The first-order chi connectivity index (χ1) is 8.77. The third-order valence-electron chi connectivity index (χ3n) is 3.88. The first-order valence-corrected chi connectivity index (χ1v) is 6.58. The fourth-order valence-corrected chi connectivity index (χ4v) is 2.87. The second kappa shape index (κ2) is 4.58. The highest BCUT2D eigenvalue weighted by Crippen LogP contribution is 2.32. The molecule has 0 aromatic heterocycles. The molecule has 2 aliphatic rings. The minimum atomic E-state index is 0.112. The van der Waals surface area contributed by atoms with Crippen molar-refractivity contribution in [2.45, 2.75) is 12.8 Å². The Bertz CT molecular complexity index is 454. The maximum Gasteiger partial charge on any atom is 0.258 e. The Morgan fingerprint density at radius 2 is 2.11 bits per heavy atom. The summed E-state index contributed by atoms with van der Waals surface area (Å²) in [6, 6.07) is 7.75. The molecule has 1 saturated heterocycles. The van der Waals surface area contributed by atoms with E-state index in [1.807, 2.05) is 29.2 Å². The van der Waals surface area contributed by atoms with Gasteiger partial charge in [-0.1, -0.05) is 24.8 Å². The van der Waals surface area contributed by atoms with Gasteiger partial charge < -0.3 is 10.2 Å². The molecule has 0 saturated carbocycles. The zero-order valence-electron chi connectivity index (χ0n) is 10.5. The van der Waals surface area contributed by atoms with Gasteiger partial charge in [-0.05, 0) is 37.9 Å². The number of carbonyl (C=O) groups excluding carboxylic acids is 1. The molecule has 94 valence electrons. The zero-order valence-corrected chi connectivity index (χ0v) is 10.5. The summed E-state index contributed by atoms with van der Waals surface area (Å²) in [4.78, 5) is 14.2. The lowest BCUT2D eigenvalue weighted by molar-refractivity contribution is 0.0828. The van der Waals surface area contributed by atoms with Gasteiger partial charge in [-0.25, -0.2) is 0 Å². The molecule has 3 rings (SSSR count). The predicted molar refractivity (Wildman–Crippen MR) is 72.1 cm³/mol. The molecule has 1 fully saturated rings. The van der Waals surface area contributed by atoms with Crippen molar-refractivity contribution in [3.8, 4) is 0 Å². The molecule has 2 heterocycles. The van der Waals surface area contributed by atoms with Gasteiger partial charge in [0.25, 0.3) is 5.91 Å². The summed E-state index contributed by atoms with van der Waals surface area (Å²) in [5.74, 6) is 0.662. The van der Waals surface area contributed by atoms with E-state index in [1.54, 1.807) is 0 Å². The normalized spacial score (nSPS) is 23.3. The Morgan fingerprint density at radius 1 is 1.33 bits per heavy atom. The molecule has 3 nitrogen and oxygen atoms in total. The molecule has 1 unspecified atom stereocenters. The van der Waals surface area contributed by atoms with Crippen LogP contribution in [0.1, 0.15) is 28.8 Å². The number of fused-ring (bicyclic) bond motifs is 1. The second-order valence-electron chi connectivity index (χ2n) is 5.12. The summed E-state index contributed by atoms with van der Waals surface area (Å²) in [5, 5.41) is 3.39. The van der Waals surface area contributed by atoms with Gasteiger partial charge in [-0.3, -0.25) is 4.79 Å². The van der Waals surface area contributed by atoms with E-state index in [9.17, 15) is 4.79 Å². The van der Waals surface area contributed by atoms with Gasteiger partial charge in [0.2, 0.25) is 0 Å². The maximum absolute atomic E-state index is 12.3. The number of hydrogen-bond donors (Lipinski definition) is 1. The van der Waals surface area contributed by atoms with Crippen molar-refractivity contribution < 1.29 is 4.79 Å². The van der Waals surface area contributed by atoms with E-state index in [0.29, 0.717) is 5.92 Å². The maximum atomic E-state index is 12.3. The van der Waals surface area contributed by atoms with Gasteiger partial charge in [-0.15, -0.1) is 0 Å². The molecular formula is C15H18N2O. The van der Waals surface area contributed by atoms with Crippen LogP contribution in [-0.2, 0) is 0 Å². The second-order valence-corrected chi connectivity index (χ2v) is 5.12. The molecule has 1 aromatic rings. The van der Waals surface area contributed by atoms with Crippen LogP contribution in [0.2, 0.25) is 0 Å². The highest BCUT2D eigenvalue weighted by molar-refractivity contribution is 6.08. The van der Waals surface area contributed by atoms with Crippen LogP contribution in [0.25, 0.3) is 5.70 Å². The molecule has 2 aliphatic heterocycles. The van der Waals surface area contributed by atoms with Gasteiger partial charge in [0, 0.05) is 23.4 Å². The van der Waals surface area contributed by atoms with Crippen molar-refractivity contribution in [3.63, 3.8) is 0 Å². The van der Waals surface area contributed by atoms with E-state index in [0.717, 1.165) is 36.5 Å². The lowest BCUT2D eigenvalue weighted by atomic mass is 9.99. The van der Waals surface area contributed by atoms with E-state index < -0.39 is 0 Å². The van der Waals surface area contributed by atoms with Gasteiger partial charge in [0.1, 0.15) is 0 Å². The fourth-order valence-electron chi connectivity index (χ4n) is 2.87. The molecule has 0 spiro atoms. The average molecular weight is 242 g/mol. The van der Waals surface area contributed by atoms with Crippen LogP contribution < -0.4 is 5.32 Å².